The summed E-state index contributed by atoms with van der Waals surface area (Å²) in [4.78, 5) is 0. The van der Waals surface area contributed by atoms with Crippen LogP contribution >= 0.6 is 0 Å². The quantitative estimate of drug-likeness (QED) is 0.582. The maximum absolute atomic E-state index is 6.25. The fourth-order valence-corrected chi connectivity index (χ4v) is 3.76. The van der Waals surface area contributed by atoms with Gasteiger partial charge in [-0.2, -0.15) is 0 Å². The number of ether oxygens (including phenoxy) is 5. The molecule has 29 heavy (non-hydrogen) atoms. The average molecular weight is 398 g/mol. The molecule has 0 spiro atoms. The van der Waals surface area contributed by atoms with Crippen LogP contribution in [-0.4, -0.2) is 39.0 Å². The van der Waals surface area contributed by atoms with Crippen LogP contribution < -0.4 is 9.47 Å². The zero-order valence-electron chi connectivity index (χ0n) is 17.2. The predicted molar refractivity (Wildman–Crippen MR) is 110 cm³/mol. The van der Waals surface area contributed by atoms with E-state index in [1.807, 2.05) is 60.7 Å². The molecule has 2 aromatic rings. The SMILES string of the molecule is CCC1(COCC2(CC)COC2Oc2ccccc2)COC1Oc1ccccc1. The Morgan fingerprint density at radius 1 is 0.724 bits per heavy atom. The molecular formula is C24H30O5. The van der Waals surface area contributed by atoms with Gasteiger partial charge in [-0.3, -0.25) is 0 Å². The van der Waals surface area contributed by atoms with Crippen LogP contribution in [0, 0.1) is 10.8 Å². The van der Waals surface area contributed by atoms with E-state index in [4.69, 9.17) is 23.7 Å². The summed E-state index contributed by atoms with van der Waals surface area (Å²) in [5.41, 5.74) is -0.240. The Labute approximate surface area is 172 Å². The summed E-state index contributed by atoms with van der Waals surface area (Å²) >= 11 is 0. The molecule has 5 nitrogen and oxygen atoms in total. The van der Waals surface area contributed by atoms with Crippen LogP contribution in [0.15, 0.2) is 60.7 Å². The molecule has 2 aliphatic rings. The highest BCUT2D eigenvalue weighted by Gasteiger charge is 2.52. The van der Waals surface area contributed by atoms with Crippen LogP contribution in [0.25, 0.3) is 0 Å². The lowest BCUT2D eigenvalue weighted by molar-refractivity contribution is -0.313. The number of hydrogen-bond acceptors (Lipinski definition) is 5. The second-order valence-corrected chi connectivity index (χ2v) is 8.07. The van der Waals surface area contributed by atoms with Crippen molar-refractivity contribution in [2.45, 2.75) is 39.3 Å². The molecule has 2 aliphatic heterocycles. The van der Waals surface area contributed by atoms with Gasteiger partial charge in [0.05, 0.1) is 37.3 Å². The van der Waals surface area contributed by atoms with E-state index in [9.17, 15) is 0 Å². The predicted octanol–water partition coefficient (Wildman–Crippen LogP) is 4.67. The standard InChI is InChI=1S/C24H30O5/c1-3-23(17-26-21(23)28-19-11-7-5-8-12-19)15-25-16-24(4-2)18-27-22(24)29-20-13-9-6-10-14-20/h5-14,21-22H,3-4,15-18H2,1-2H3. The van der Waals surface area contributed by atoms with Gasteiger partial charge in [-0.05, 0) is 37.1 Å². The third kappa shape index (κ3) is 4.13. The minimum Gasteiger partial charge on any atom is -0.464 e. The van der Waals surface area contributed by atoms with Gasteiger partial charge in [0.1, 0.15) is 11.5 Å². The molecule has 156 valence electrons. The Morgan fingerprint density at radius 2 is 1.14 bits per heavy atom. The summed E-state index contributed by atoms with van der Waals surface area (Å²) in [6.45, 7) is 6.83. The molecule has 0 radical (unpaired) electrons. The number of rotatable bonds is 10. The summed E-state index contributed by atoms with van der Waals surface area (Å²) in [5.74, 6) is 1.65. The highest BCUT2D eigenvalue weighted by Crippen LogP contribution is 2.43. The number of para-hydroxylation sites is 2. The second-order valence-electron chi connectivity index (χ2n) is 8.07. The lowest BCUT2D eigenvalue weighted by Gasteiger charge is -2.50. The average Bonchev–Trinajstić information content (AvgIpc) is 2.76. The minimum absolute atomic E-state index is 0.120. The first-order valence-electron chi connectivity index (χ1n) is 10.4. The summed E-state index contributed by atoms with van der Waals surface area (Å²) in [6, 6.07) is 19.6. The molecule has 0 bridgehead atoms. The van der Waals surface area contributed by atoms with Gasteiger partial charge in [-0.25, -0.2) is 0 Å². The van der Waals surface area contributed by atoms with Gasteiger partial charge >= 0.3 is 0 Å². The fourth-order valence-electron chi connectivity index (χ4n) is 3.76. The minimum atomic E-state index is -0.276. The van der Waals surface area contributed by atoms with Crippen molar-refractivity contribution in [3.63, 3.8) is 0 Å². The van der Waals surface area contributed by atoms with Gasteiger partial charge in [-0.15, -0.1) is 0 Å². The van der Waals surface area contributed by atoms with E-state index < -0.39 is 0 Å². The Morgan fingerprint density at radius 3 is 1.45 bits per heavy atom. The van der Waals surface area contributed by atoms with Crippen molar-refractivity contribution in [3.05, 3.63) is 60.7 Å². The van der Waals surface area contributed by atoms with Gasteiger partial charge in [0, 0.05) is 0 Å². The van der Waals surface area contributed by atoms with Crippen LogP contribution in [0.4, 0.5) is 0 Å². The third-order valence-electron chi connectivity index (χ3n) is 6.20. The monoisotopic (exact) mass is 398 g/mol. The van der Waals surface area contributed by atoms with Crippen LogP contribution in [-0.2, 0) is 14.2 Å². The van der Waals surface area contributed by atoms with E-state index >= 15 is 0 Å². The molecule has 2 saturated heterocycles. The van der Waals surface area contributed by atoms with Crippen molar-refractivity contribution in [2.75, 3.05) is 26.4 Å². The number of hydrogen-bond donors (Lipinski definition) is 0. The zero-order valence-corrected chi connectivity index (χ0v) is 17.2. The normalized spacial score (nSPS) is 30.8. The van der Waals surface area contributed by atoms with E-state index in [0.29, 0.717) is 26.4 Å². The third-order valence-corrected chi connectivity index (χ3v) is 6.20. The van der Waals surface area contributed by atoms with E-state index in [2.05, 4.69) is 13.8 Å². The Bertz CT molecular complexity index is 694. The Balaban J connectivity index is 1.32. The highest BCUT2D eigenvalue weighted by molar-refractivity contribution is 5.22. The van der Waals surface area contributed by atoms with E-state index in [-0.39, 0.29) is 23.4 Å². The lowest BCUT2D eigenvalue weighted by atomic mass is 9.80. The largest absolute Gasteiger partial charge is 0.464 e. The van der Waals surface area contributed by atoms with E-state index in [0.717, 1.165) is 24.3 Å². The lowest BCUT2D eigenvalue weighted by Crippen LogP contribution is -2.60. The van der Waals surface area contributed by atoms with Crippen molar-refractivity contribution < 1.29 is 23.7 Å². The topological polar surface area (TPSA) is 46.2 Å². The summed E-state index contributed by atoms with van der Waals surface area (Å²) in [6.07, 6.45) is 1.32. The molecule has 2 heterocycles. The smallest absolute Gasteiger partial charge is 0.210 e. The Kier molecular flexibility index (Phi) is 6.09. The van der Waals surface area contributed by atoms with Gasteiger partial charge in [0.15, 0.2) is 0 Å². The first kappa shape index (κ1) is 20.2. The summed E-state index contributed by atoms with van der Waals surface area (Å²) < 4.78 is 29.8. The molecule has 5 heteroatoms. The first-order valence-corrected chi connectivity index (χ1v) is 10.4. The summed E-state index contributed by atoms with van der Waals surface area (Å²) in [7, 11) is 0. The van der Waals surface area contributed by atoms with Crippen LogP contribution in [0.1, 0.15) is 26.7 Å². The maximum Gasteiger partial charge on any atom is 0.210 e. The molecule has 4 unspecified atom stereocenters. The van der Waals surface area contributed by atoms with Gasteiger partial charge in [-0.1, -0.05) is 50.2 Å². The molecule has 4 rings (SSSR count). The van der Waals surface area contributed by atoms with E-state index in [1.165, 1.54) is 0 Å². The summed E-state index contributed by atoms with van der Waals surface area (Å²) in [5, 5.41) is 0. The first-order chi connectivity index (χ1) is 14.2. The van der Waals surface area contributed by atoms with Crippen LogP contribution in [0.2, 0.25) is 0 Å². The van der Waals surface area contributed by atoms with E-state index in [1.54, 1.807) is 0 Å². The molecule has 2 fully saturated rings. The highest BCUT2D eigenvalue weighted by atomic mass is 16.7. The van der Waals surface area contributed by atoms with Crippen molar-refractivity contribution in [1.29, 1.82) is 0 Å². The fraction of sp³-hybridized carbons (Fsp3) is 0.500. The van der Waals surface area contributed by atoms with Crippen LogP contribution in [0.5, 0.6) is 11.5 Å². The molecule has 0 N–H and O–H groups in total. The van der Waals surface area contributed by atoms with Crippen molar-refractivity contribution >= 4 is 0 Å². The molecule has 0 aromatic heterocycles. The molecule has 4 atom stereocenters. The molecule has 0 amide bonds. The van der Waals surface area contributed by atoms with Crippen molar-refractivity contribution in [2.24, 2.45) is 10.8 Å². The molecular weight excluding hydrogens is 368 g/mol. The molecule has 0 saturated carbocycles. The molecule has 2 aromatic carbocycles. The van der Waals surface area contributed by atoms with Crippen molar-refractivity contribution in [3.8, 4) is 11.5 Å². The van der Waals surface area contributed by atoms with Gasteiger partial charge in [0.25, 0.3) is 0 Å². The Hall–Kier alpha value is -2.08. The second kappa shape index (κ2) is 8.74. The van der Waals surface area contributed by atoms with Crippen molar-refractivity contribution in [1.82, 2.24) is 0 Å². The van der Waals surface area contributed by atoms with Crippen LogP contribution in [0.3, 0.4) is 0 Å². The number of benzene rings is 2. The zero-order chi connectivity index (χ0) is 20.2. The molecule has 0 aliphatic carbocycles. The van der Waals surface area contributed by atoms with Gasteiger partial charge < -0.3 is 23.7 Å². The maximum atomic E-state index is 6.25. The van der Waals surface area contributed by atoms with Gasteiger partial charge in [0.2, 0.25) is 12.6 Å².